The Hall–Kier alpha value is -2.50. The molecule has 0 saturated carbocycles. The maximum Gasteiger partial charge on any atom is 0.256 e. The number of benzene rings is 1. The maximum atomic E-state index is 14.5. The van der Waals surface area contributed by atoms with Gasteiger partial charge in [-0.3, -0.25) is 9.59 Å². The highest BCUT2D eigenvalue weighted by Gasteiger charge is 2.30. The van der Waals surface area contributed by atoms with Crippen molar-refractivity contribution >= 4 is 38.0 Å². The topological polar surface area (TPSA) is 136 Å². The van der Waals surface area contributed by atoms with E-state index in [-0.39, 0.29) is 22.4 Å². The van der Waals surface area contributed by atoms with Gasteiger partial charge in [0.1, 0.15) is 31.3 Å². The number of halogens is 1. The van der Waals surface area contributed by atoms with Crippen LogP contribution in [0, 0.1) is 5.82 Å². The normalized spacial score (nSPS) is 12.1. The summed E-state index contributed by atoms with van der Waals surface area (Å²) >= 11 is 0.528. The average molecular weight is 445 g/mol. The number of thiophene rings is 1. The summed E-state index contributed by atoms with van der Waals surface area (Å²) in [7, 11) is -4.35. The lowest BCUT2D eigenvalue weighted by Gasteiger charge is -2.16. The molecule has 0 unspecified atom stereocenters. The number of aliphatic hydroxyl groups is 1. The number of hydrogen-bond donors (Lipinski definition) is 3. The fourth-order valence-electron chi connectivity index (χ4n) is 2.19. The molecular formula is C18H21FN2O6S2. The predicted molar refractivity (Wildman–Crippen MR) is 105 cm³/mol. The highest BCUT2D eigenvalue weighted by atomic mass is 32.2. The lowest BCUT2D eigenvalue weighted by Crippen LogP contribution is -2.36. The monoisotopic (exact) mass is 444 g/mol. The van der Waals surface area contributed by atoms with E-state index in [0.717, 1.165) is 18.2 Å². The minimum absolute atomic E-state index is 0.164. The van der Waals surface area contributed by atoms with Gasteiger partial charge in [-0.25, -0.2) is 12.8 Å². The van der Waals surface area contributed by atoms with E-state index in [1.54, 1.807) is 13.8 Å². The number of amides is 2. The van der Waals surface area contributed by atoms with Crippen LogP contribution in [0.5, 0.6) is 5.75 Å². The van der Waals surface area contributed by atoms with Gasteiger partial charge in [-0.05, 0) is 45.9 Å². The second-order valence-electron chi connectivity index (χ2n) is 6.95. The van der Waals surface area contributed by atoms with Crippen molar-refractivity contribution in [1.29, 1.82) is 0 Å². The predicted octanol–water partition coefficient (Wildman–Crippen LogP) is 2.32. The van der Waals surface area contributed by atoms with Crippen LogP contribution in [-0.2, 0) is 14.6 Å². The molecule has 0 atom stereocenters. The maximum absolute atomic E-state index is 14.5. The highest BCUT2D eigenvalue weighted by Crippen LogP contribution is 2.36. The molecule has 2 aromatic rings. The van der Waals surface area contributed by atoms with Gasteiger partial charge < -0.3 is 20.9 Å². The summed E-state index contributed by atoms with van der Waals surface area (Å²) in [6.45, 7) is 5.91. The number of nitrogens with one attached hydrogen (secondary N) is 1. The van der Waals surface area contributed by atoms with Gasteiger partial charge in [-0.1, -0.05) is 0 Å². The summed E-state index contributed by atoms with van der Waals surface area (Å²) in [4.78, 5) is 23.0. The summed E-state index contributed by atoms with van der Waals surface area (Å²) in [6.07, 6.45) is -0.228. The number of hydrogen-bond acceptors (Lipinski definition) is 7. The standard InChI is InChI=1S/C18H21FN2O6S2/c1-9(2)27-10-5-6-13(12(19)7-10)29(25,26)14-8-11(15(20)22)16(28-14)21-17(23)18(3,4)24/h5-9,24H,1-4H3,(H2,20,22)(H,21,23). The van der Waals surface area contributed by atoms with Gasteiger partial charge in [0.05, 0.1) is 11.7 Å². The number of sulfone groups is 1. The Labute approximate surface area is 171 Å². The minimum atomic E-state index is -4.35. The zero-order valence-electron chi connectivity index (χ0n) is 16.1. The fourth-order valence-corrected chi connectivity index (χ4v) is 4.99. The molecule has 29 heavy (non-hydrogen) atoms. The van der Waals surface area contributed by atoms with Crippen LogP contribution < -0.4 is 15.8 Å². The summed E-state index contributed by atoms with van der Waals surface area (Å²) in [5.74, 6) is -2.72. The van der Waals surface area contributed by atoms with Crippen molar-refractivity contribution in [2.24, 2.45) is 5.73 Å². The summed E-state index contributed by atoms with van der Waals surface area (Å²) in [6, 6.07) is 4.28. The Morgan fingerprint density at radius 1 is 1.28 bits per heavy atom. The molecule has 0 spiro atoms. The van der Waals surface area contributed by atoms with Gasteiger partial charge in [-0.15, -0.1) is 11.3 Å². The molecule has 11 heteroatoms. The van der Waals surface area contributed by atoms with E-state index >= 15 is 0 Å². The molecule has 8 nitrogen and oxygen atoms in total. The lowest BCUT2D eigenvalue weighted by atomic mass is 10.1. The fraction of sp³-hybridized carbons (Fsp3) is 0.333. The van der Waals surface area contributed by atoms with Crippen molar-refractivity contribution in [3.05, 3.63) is 35.6 Å². The van der Waals surface area contributed by atoms with Crippen LogP contribution in [0.1, 0.15) is 38.1 Å². The van der Waals surface area contributed by atoms with Crippen LogP contribution in [0.4, 0.5) is 9.39 Å². The van der Waals surface area contributed by atoms with Crippen molar-refractivity contribution in [2.45, 2.75) is 48.5 Å². The second kappa shape index (κ2) is 8.09. The van der Waals surface area contributed by atoms with Crippen molar-refractivity contribution in [2.75, 3.05) is 5.32 Å². The number of carbonyl (C=O) groups excluding carboxylic acids is 2. The number of rotatable bonds is 7. The third-order valence-corrected chi connectivity index (χ3v) is 6.90. The molecule has 2 amide bonds. The number of primary amides is 1. The van der Waals surface area contributed by atoms with E-state index in [0.29, 0.717) is 11.3 Å². The van der Waals surface area contributed by atoms with E-state index in [9.17, 15) is 27.5 Å². The van der Waals surface area contributed by atoms with Gasteiger partial charge in [-0.2, -0.15) is 0 Å². The van der Waals surface area contributed by atoms with Crippen LogP contribution in [0.2, 0.25) is 0 Å². The Kier molecular flexibility index (Phi) is 6.36. The largest absolute Gasteiger partial charge is 0.491 e. The highest BCUT2D eigenvalue weighted by molar-refractivity contribution is 7.93. The first-order valence-corrected chi connectivity index (χ1v) is 10.7. The van der Waals surface area contributed by atoms with Crippen LogP contribution >= 0.6 is 11.3 Å². The van der Waals surface area contributed by atoms with Crippen LogP contribution in [-0.4, -0.2) is 37.0 Å². The van der Waals surface area contributed by atoms with Crippen LogP contribution in [0.3, 0.4) is 0 Å². The number of carbonyl (C=O) groups is 2. The van der Waals surface area contributed by atoms with Gasteiger partial charge in [0.25, 0.3) is 11.8 Å². The van der Waals surface area contributed by atoms with Crippen LogP contribution in [0.25, 0.3) is 0 Å². The minimum Gasteiger partial charge on any atom is -0.491 e. The quantitative estimate of drug-likeness (QED) is 0.600. The zero-order chi connectivity index (χ0) is 22.1. The second-order valence-corrected chi connectivity index (χ2v) is 10.1. The molecule has 158 valence electrons. The smallest absolute Gasteiger partial charge is 0.256 e. The summed E-state index contributed by atoms with van der Waals surface area (Å²) in [5, 5.41) is 11.9. The number of anilines is 1. The lowest BCUT2D eigenvalue weighted by molar-refractivity contribution is -0.130. The van der Waals surface area contributed by atoms with Crippen molar-refractivity contribution in [1.82, 2.24) is 0 Å². The Bertz CT molecular complexity index is 1050. The summed E-state index contributed by atoms with van der Waals surface area (Å²) in [5.41, 5.74) is 3.21. The van der Waals surface area contributed by atoms with E-state index < -0.39 is 42.2 Å². The first-order valence-electron chi connectivity index (χ1n) is 8.42. The molecule has 1 aromatic carbocycles. The van der Waals surface area contributed by atoms with E-state index in [1.807, 2.05) is 0 Å². The molecular weight excluding hydrogens is 423 g/mol. The first kappa shape index (κ1) is 22.8. The Balaban J connectivity index is 2.49. The Morgan fingerprint density at radius 3 is 2.38 bits per heavy atom. The van der Waals surface area contributed by atoms with E-state index in [4.69, 9.17) is 10.5 Å². The molecule has 0 aliphatic rings. The zero-order valence-corrected chi connectivity index (χ0v) is 17.8. The van der Waals surface area contributed by atoms with Gasteiger partial charge in [0, 0.05) is 6.07 Å². The molecule has 2 rings (SSSR count). The molecule has 1 heterocycles. The molecule has 0 aliphatic heterocycles. The number of ether oxygens (including phenoxy) is 1. The first-order chi connectivity index (χ1) is 13.2. The molecule has 0 fully saturated rings. The molecule has 0 saturated heterocycles. The van der Waals surface area contributed by atoms with Gasteiger partial charge in [0.2, 0.25) is 9.84 Å². The average Bonchev–Trinajstić information content (AvgIpc) is 2.98. The molecule has 0 bridgehead atoms. The molecule has 1 aromatic heterocycles. The van der Waals surface area contributed by atoms with Crippen molar-refractivity contribution in [3.8, 4) is 5.75 Å². The van der Waals surface area contributed by atoms with E-state index in [2.05, 4.69) is 5.32 Å². The van der Waals surface area contributed by atoms with Crippen molar-refractivity contribution < 1.29 is 32.2 Å². The van der Waals surface area contributed by atoms with Gasteiger partial charge >= 0.3 is 0 Å². The van der Waals surface area contributed by atoms with Crippen LogP contribution in [0.15, 0.2) is 33.4 Å². The third-order valence-electron chi connectivity index (χ3n) is 3.59. The Morgan fingerprint density at radius 2 is 1.90 bits per heavy atom. The molecule has 4 N–H and O–H groups in total. The van der Waals surface area contributed by atoms with E-state index in [1.165, 1.54) is 19.9 Å². The van der Waals surface area contributed by atoms with Crippen molar-refractivity contribution in [3.63, 3.8) is 0 Å². The molecule has 0 aliphatic carbocycles. The van der Waals surface area contributed by atoms with Gasteiger partial charge in [0.15, 0.2) is 0 Å². The molecule has 0 radical (unpaired) electrons. The number of nitrogens with two attached hydrogens (primary N) is 1. The third kappa shape index (κ3) is 5.11. The summed E-state index contributed by atoms with van der Waals surface area (Å²) < 4.78 is 45.2. The SMILES string of the molecule is CC(C)Oc1ccc(S(=O)(=O)c2cc(C(N)=O)c(NC(=O)C(C)(C)O)s2)c(F)c1.